The third-order valence-corrected chi connectivity index (χ3v) is 2.59. The lowest BCUT2D eigenvalue weighted by atomic mass is 10.2. The molecule has 1 heterocycles. The second-order valence-corrected chi connectivity index (χ2v) is 3.84. The van der Waals surface area contributed by atoms with Gasteiger partial charge in [-0.2, -0.15) is 5.26 Å². The highest BCUT2D eigenvalue weighted by Crippen LogP contribution is 2.32. The molecule has 0 saturated heterocycles. The number of nitrogens with one attached hydrogen (secondary N) is 2. The van der Waals surface area contributed by atoms with Crippen molar-refractivity contribution < 1.29 is 4.79 Å². The van der Waals surface area contributed by atoms with Crippen molar-refractivity contribution in [1.82, 2.24) is 10.3 Å². The number of H-pyrrole nitrogens is 1. The number of rotatable bonds is 3. The number of aromatic amines is 1. The Morgan fingerprint density at radius 1 is 1.62 bits per heavy atom. The molecule has 2 rings (SSSR count). The van der Waals surface area contributed by atoms with Gasteiger partial charge in [-0.05, 0) is 18.8 Å². The third-order valence-electron chi connectivity index (χ3n) is 2.59. The van der Waals surface area contributed by atoms with Crippen molar-refractivity contribution in [1.29, 1.82) is 5.26 Å². The Bertz CT molecular complexity index is 496. The van der Waals surface area contributed by atoms with Crippen LogP contribution in [0.25, 0.3) is 0 Å². The SMILES string of the molecule is N#CC(NC(=O)c1c[nH]ccc1=O)C1CC1. The summed E-state index contributed by atoms with van der Waals surface area (Å²) in [6.07, 6.45) is 4.73. The summed E-state index contributed by atoms with van der Waals surface area (Å²) in [6.45, 7) is 0. The normalized spacial score (nSPS) is 16.2. The highest BCUT2D eigenvalue weighted by atomic mass is 16.2. The summed E-state index contributed by atoms with van der Waals surface area (Å²) in [5, 5.41) is 11.4. The molecule has 0 radical (unpaired) electrons. The fourth-order valence-corrected chi connectivity index (χ4v) is 1.50. The number of carbonyl (C=O) groups excluding carboxylic acids is 1. The Kier molecular flexibility index (Phi) is 2.73. The monoisotopic (exact) mass is 217 g/mol. The topological polar surface area (TPSA) is 85.8 Å². The van der Waals surface area contributed by atoms with Crippen LogP contribution in [0.2, 0.25) is 0 Å². The number of hydrogen-bond donors (Lipinski definition) is 2. The van der Waals surface area contributed by atoms with Crippen LogP contribution in [0.3, 0.4) is 0 Å². The van der Waals surface area contributed by atoms with Crippen LogP contribution in [0, 0.1) is 17.2 Å². The molecule has 0 aliphatic heterocycles. The summed E-state index contributed by atoms with van der Waals surface area (Å²) in [5.41, 5.74) is -0.299. The fraction of sp³-hybridized carbons (Fsp3) is 0.364. The molecule has 1 unspecified atom stereocenters. The van der Waals surface area contributed by atoms with Gasteiger partial charge in [-0.25, -0.2) is 0 Å². The van der Waals surface area contributed by atoms with E-state index in [4.69, 9.17) is 5.26 Å². The molecule has 1 aliphatic rings. The van der Waals surface area contributed by atoms with E-state index in [9.17, 15) is 9.59 Å². The first-order valence-corrected chi connectivity index (χ1v) is 5.10. The van der Waals surface area contributed by atoms with Crippen LogP contribution < -0.4 is 10.7 Å². The minimum atomic E-state index is -0.486. The van der Waals surface area contributed by atoms with E-state index >= 15 is 0 Å². The van der Waals surface area contributed by atoms with Crippen molar-refractivity contribution in [3.63, 3.8) is 0 Å². The second kappa shape index (κ2) is 4.19. The first kappa shape index (κ1) is 10.4. The average molecular weight is 217 g/mol. The van der Waals surface area contributed by atoms with Crippen LogP contribution in [0.5, 0.6) is 0 Å². The Morgan fingerprint density at radius 2 is 2.38 bits per heavy atom. The molecule has 5 nitrogen and oxygen atoms in total. The standard InChI is InChI=1S/C11H11N3O2/c12-5-9(7-1-2-7)14-11(16)8-6-13-4-3-10(8)15/h3-4,6-7,9H,1-2H2,(H,13,15)(H,14,16). The van der Waals surface area contributed by atoms with Crippen LogP contribution in [0.4, 0.5) is 0 Å². The Labute approximate surface area is 92.1 Å². The highest BCUT2D eigenvalue weighted by molar-refractivity contribution is 5.94. The highest BCUT2D eigenvalue weighted by Gasteiger charge is 2.32. The molecule has 5 heteroatoms. The van der Waals surface area contributed by atoms with Crippen molar-refractivity contribution in [2.75, 3.05) is 0 Å². The molecule has 0 spiro atoms. The Balaban J connectivity index is 2.11. The molecule has 16 heavy (non-hydrogen) atoms. The van der Waals surface area contributed by atoms with Gasteiger partial charge in [0.2, 0.25) is 0 Å². The van der Waals surface area contributed by atoms with Gasteiger partial charge in [0, 0.05) is 18.5 Å². The number of nitriles is 1. The fourth-order valence-electron chi connectivity index (χ4n) is 1.50. The third kappa shape index (κ3) is 2.11. The molecule has 1 saturated carbocycles. The molecule has 1 amide bonds. The average Bonchev–Trinajstić information content (AvgIpc) is 3.10. The summed E-state index contributed by atoms with van der Waals surface area (Å²) >= 11 is 0. The van der Waals surface area contributed by atoms with Crippen LogP contribution in [0.1, 0.15) is 23.2 Å². The maximum atomic E-state index is 11.7. The first-order valence-electron chi connectivity index (χ1n) is 5.10. The van der Waals surface area contributed by atoms with Gasteiger partial charge in [-0.1, -0.05) is 0 Å². The van der Waals surface area contributed by atoms with Gasteiger partial charge in [0.05, 0.1) is 6.07 Å². The smallest absolute Gasteiger partial charge is 0.257 e. The Hall–Kier alpha value is -2.09. The van der Waals surface area contributed by atoms with Crippen molar-refractivity contribution in [2.24, 2.45) is 5.92 Å². The Morgan fingerprint density at radius 3 is 2.94 bits per heavy atom. The minimum Gasteiger partial charge on any atom is -0.367 e. The second-order valence-electron chi connectivity index (χ2n) is 3.84. The minimum absolute atomic E-state index is 0.0448. The van der Waals surface area contributed by atoms with Gasteiger partial charge in [-0.3, -0.25) is 9.59 Å². The van der Waals surface area contributed by atoms with Crippen LogP contribution >= 0.6 is 0 Å². The summed E-state index contributed by atoms with van der Waals surface area (Å²) in [5.74, 6) is -0.239. The van der Waals surface area contributed by atoms with E-state index < -0.39 is 11.9 Å². The predicted molar refractivity (Wildman–Crippen MR) is 56.7 cm³/mol. The number of carbonyl (C=O) groups is 1. The number of hydrogen-bond acceptors (Lipinski definition) is 3. The molecule has 0 bridgehead atoms. The van der Waals surface area contributed by atoms with E-state index in [1.54, 1.807) is 0 Å². The maximum Gasteiger partial charge on any atom is 0.257 e. The van der Waals surface area contributed by atoms with Crippen molar-refractivity contribution >= 4 is 5.91 Å². The first-order chi connectivity index (χ1) is 7.72. The van der Waals surface area contributed by atoms with Gasteiger partial charge < -0.3 is 10.3 Å². The van der Waals surface area contributed by atoms with Crippen molar-refractivity contribution in [2.45, 2.75) is 18.9 Å². The number of pyridine rings is 1. The predicted octanol–water partition coefficient (Wildman–Crippen LogP) is 0.407. The summed E-state index contributed by atoms with van der Waals surface area (Å²) < 4.78 is 0. The molecule has 1 atom stereocenters. The van der Waals surface area contributed by atoms with Gasteiger partial charge in [0.1, 0.15) is 11.6 Å². The summed E-state index contributed by atoms with van der Waals surface area (Å²) in [6, 6.07) is 2.85. The van der Waals surface area contributed by atoms with Gasteiger partial charge in [-0.15, -0.1) is 0 Å². The van der Waals surface area contributed by atoms with Crippen LogP contribution in [-0.4, -0.2) is 16.9 Å². The summed E-state index contributed by atoms with van der Waals surface area (Å²) in [7, 11) is 0. The van der Waals surface area contributed by atoms with Gasteiger partial charge >= 0.3 is 0 Å². The number of amides is 1. The largest absolute Gasteiger partial charge is 0.367 e. The molecule has 2 N–H and O–H groups in total. The van der Waals surface area contributed by atoms with Gasteiger partial charge in [0.25, 0.3) is 5.91 Å². The molecule has 1 aromatic rings. The van der Waals surface area contributed by atoms with E-state index in [1.807, 2.05) is 6.07 Å². The zero-order valence-corrected chi connectivity index (χ0v) is 8.56. The number of nitrogens with zero attached hydrogens (tertiary/aromatic N) is 1. The van der Waals surface area contributed by atoms with Crippen molar-refractivity contribution in [3.05, 3.63) is 34.2 Å². The van der Waals surface area contributed by atoms with E-state index in [2.05, 4.69) is 10.3 Å². The van der Waals surface area contributed by atoms with E-state index in [0.29, 0.717) is 0 Å². The van der Waals surface area contributed by atoms with Gasteiger partial charge in [0.15, 0.2) is 5.43 Å². The zero-order valence-electron chi connectivity index (χ0n) is 8.56. The van der Waals surface area contributed by atoms with E-state index in [1.165, 1.54) is 18.5 Å². The molecule has 82 valence electrons. The molecule has 1 fully saturated rings. The maximum absolute atomic E-state index is 11.7. The van der Waals surface area contributed by atoms with Crippen LogP contribution in [0.15, 0.2) is 23.3 Å². The summed E-state index contributed by atoms with van der Waals surface area (Å²) in [4.78, 5) is 25.7. The lowest BCUT2D eigenvalue weighted by Crippen LogP contribution is -2.37. The van der Waals surface area contributed by atoms with Crippen LogP contribution in [-0.2, 0) is 0 Å². The van der Waals surface area contributed by atoms with Crippen molar-refractivity contribution in [3.8, 4) is 6.07 Å². The molecular weight excluding hydrogens is 206 g/mol. The zero-order chi connectivity index (χ0) is 11.5. The number of aromatic nitrogens is 1. The molecule has 0 aromatic carbocycles. The quantitative estimate of drug-likeness (QED) is 0.768. The molecule has 1 aliphatic carbocycles. The molecule has 1 aromatic heterocycles. The molecular formula is C11H11N3O2. The van der Waals surface area contributed by atoms with E-state index in [0.717, 1.165) is 12.8 Å². The lowest BCUT2D eigenvalue weighted by Gasteiger charge is -2.09. The lowest BCUT2D eigenvalue weighted by molar-refractivity contribution is 0.0940. The van der Waals surface area contributed by atoms with E-state index in [-0.39, 0.29) is 16.9 Å².